The van der Waals surface area contributed by atoms with Crippen molar-refractivity contribution in [3.63, 3.8) is 0 Å². The SMILES string of the molecule is COC1CCCCC1Nc1ccc(C)cc1Br. The average molecular weight is 298 g/mol. The van der Waals surface area contributed by atoms with E-state index >= 15 is 0 Å². The predicted octanol–water partition coefficient (Wildman–Crippen LogP) is 4.13. The first-order chi connectivity index (χ1) is 8.20. The van der Waals surface area contributed by atoms with E-state index in [1.54, 1.807) is 0 Å². The van der Waals surface area contributed by atoms with E-state index in [0.717, 1.165) is 10.9 Å². The molecule has 0 bridgehead atoms. The highest BCUT2D eigenvalue weighted by Gasteiger charge is 2.24. The molecule has 1 N–H and O–H groups in total. The van der Waals surface area contributed by atoms with Crippen molar-refractivity contribution in [3.05, 3.63) is 28.2 Å². The smallest absolute Gasteiger partial charge is 0.0772 e. The fourth-order valence-electron chi connectivity index (χ4n) is 2.48. The number of benzene rings is 1. The minimum absolute atomic E-state index is 0.344. The average Bonchev–Trinajstić information content (AvgIpc) is 2.33. The second-order valence-corrected chi connectivity index (χ2v) is 5.65. The van der Waals surface area contributed by atoms with Gasteiger partial charge in [-0.15, -0.1) is 0 Å². The molecule has 0 radical (unpaired) electrons. The minimum atomic E-state index is 0.344. The van der Waals surface area contributed by atoms with Crippen LogP contribution in [-0.4, -0.2) is 19.3 Å². The topological polar surface area (TPSA) is 21.3 Å². The zero-order chi connectivity index (χ0) is 12.3. The van der Waals surface area contributed by atoms with Crippen molar-refractivity contribution >= 4 is 21.6 Å². The van der Waals surface area contributed by atoms with Gasteiger partial charge in [-0.3, -0.25) is 0 Å². The maximum Gasteiger partial charge on any atom is 0.0772 e. The monoisotopic (exact) mass is 297 g/mol. The first-order valence-corrected chi connectivity index (χ1v) is 7.05. The van der Waals surface area contributed by atoms with Crippen LogP contribution in [0.5, 0.6) is 0 Å². The van der Waals surface area contributed by atoms with Gasteiger partial charge in [-0.25, -0.2) is 0 Å². The third kappa shape index (κ3) is 3.23. The number of anilines is 1. The molecule has 94 valence electrons. The molecule has 1 aliphatic carbocycles. The van der Waals surface area contributed by atoms with Crippen molar-refractivity contribution in [1.82, 2.24) is 0 Å². The highest BCUT2D eigenvalue weighted by molar-refractivity contribution is 9.10. The minimum Gasteiger partial charge on any atom is -0.379 e. The number of methoxy groups -OCH3 is 1. The standard InChI is InChI=1S/C14H20BrNO/c1-10-7-8-12(11(15)9-10)16-13-5-3-4-6-14(13)17-2/h7-9,13-14,16H,3-6H2,1-2H3. The Morgan fingerprint density at radius 3 is 2.76 bits per heavy atom. The van der Waals surface area contributed by atoms with Crippen LogP contribution < -0.4 is 5.32 Å². The quantitative estimate of drug-likeness (QED) is 0.906. The lowest BCUT2D eigenvalue weighted by Crippen LogP contribution is -2.37. The second kappa shape index (κ2) is 5.87. The number of halogens is 1. The van der Waals surface area contributed by atoms with E-state index in [0.29, 0.717) is 12.1 Å². The molecule has 2 nitrogen and oxygen atoms in total. The molecule has 1 saturated carbocycles. The van der Waals surface area contributed by atoms with Crippen LogP contribution in [0, 0.1) is 6.92 Å². The molecule has 1 aromatic carbocycles. The molecule has 3 heteroatoms. The van der Waals surface area contributed by atoms with E-state index in [2.05, 4.69) is 46.4 Å². The van der Waals surface area contributed by atoms with E-state index < -0.39 is 0 Å². The molecule has 1 aliphatic rings. The first-order valence-electron chi connectivity index (χ1n) is 6.26. The summed E-state index contributed by atoms with van der Waals surface area (Å²) in [6, 6.07) is 6.86. The number of aryl methyl sites for hydroxylation is 1. The van der Waals surface area contributed by atoms with Gasteiger partial charge in [-0.2, -0.15) is 0 Å². The largest absolute Gasteiger partial charge is 0.379 e. The van der Waals surface area contributed by atoms with Gasteiger partial charge in [-0.05, 0) is 53.4 Å². The lowest BCUT2D eigenvalue weighted by molar-refractivity contribution is 0.0606. The van der Waals surface area contributed by atoms with Gasteiger partial charge in [0, 0.05) is 17.3 Å². The third-order valence-electron chi connectivity index (χ3n) is 3.47. The van der Waals surface area contributed by atoms with E-state index in [9.17, 15) is 0 Å². The lowest BCUT2D eigenvalue weighted by Gasteiger charge is -2.32. The molecule has 0 spiro atoms. The highest BCUT2D eigenvalue weighted by atomic mass is 79.9. The summed E-state index contributed by atoms with van der Waals surface area (Å²) in [7, 11) is 1.81. The number of hydrogen-bond donors (Lipinski definition) is 1. The van der Waals surface area contributed by atoms with E-state index in [4.69, 9.17) is 4.74 Å². The fourth-order valence-corrected chi connectivity index (χ4v) is 3.09. The Balaban J connectivity index is 2.08. The number of nitrogens with one attached hydrogen (secondary N) is 1. The zero-order valence-corrected chi connectivity index (χ0v) is 12.1. The molecule has 0 amide bonds. The van der Waals surface area contributed by atoms with E-state index in [1.165, 1.54) is 30.5 Å². The number of ether oxygens (including phenoxy) is 1. The Hall–Kier alpha value is -0.540. The van der Waals surface area contributed by atoms with E-state index in [1.807, 2.05) is 7.11 Å². The van der Waals surface area contributed by atoms with Gasteiger partial charge in [0.2, 0.25) is 0 Å². The summed E-state index contributed by atoms with van der Waals surface area (Å²) in [5, 5.41) is 3.61. The Bertz CT molecular complexity index is 380. The van der Waals surface area contributed by atoms with Crippen molar-refractivity contribution in [2.24, 2.45) is 0 Å². The molecular formula is C14H20BrNO. The summed E-state index contributed by atoms with van der Waals surface area (Å²) in [4.78, 5) is 0. The summed E-state index contributed by atoms with van der Waals surface area (Å²) >= 11 is 3.61. The van der Waals surface area contributed by atoms with Crippen LogP contribution in [0.15, 0.2) is 22.7 Å². The van der Waals surface area contributed by atoms with Gasteiger partial charge in [0.05, 0.1) is 12.1 Å². The molecule has 0 saturated heterocycles. The second-order valence-electron chi connectivity index (χ2n) is 4.79. The number of rotatable bonds is 3. The molecule has 2 unspecified atom stereocenters. The van der Waals surface area contributed by atoms with Gasteiger partial charge < -0.3 is 10.1 Å². The lowest BCUT2D eigenvalue weighted by atomic mass is 9.92. The van der Waals surface area contributed by atoms with E-state index in [-0.39, 0.29) is 0 Å². The zero-order valence-electron chi connectivity index (χ0n) is 10.5. The number of hydrogen-bond acceptors (Lipinski definition) is 2. The molecule has 0 aromatic heterocycles. The Kier molecular flexibility index (Phi) is 4.46. The van der Waals surface area contributed by atoms with Crippen LogP contribution in [0.25, 0.3) is 0 Å². The summed E-state index contributed by atoms with van der Waals surface area (Å²) in [6.45, 7) is 2.10. The van der Waals surface area contributed by atoms with Crippen LogP contribution in [-0.2, 0) is 4.74 Å². The molecular weight excluding hydrogens is 278 g/mol. The van der Waals surface area contributed by atoms with Crippen molar-refractivity contribution in [3.8, 4) is 0 Å². The molecule has 1 fully saturated rings. The van der Waals surface area contributed by atoms with Crippen LogP contribution >= 0.6 is 15.9 Å². The Morgan fingerprint density at radius 1 is 1.29 bits per heavy atom. The fraction of sp³-hybridized carbons (Fsp3) is 0.571. The van der Waals surface area contributed by atoms with Gasteiger partial charge in [0.1, 0.15) is 0 Å². The Morgan fingerprint density at radius 2 is 2.06 bits per heavy atom. The molecule has 2 rings (SSSR count). The van der Waals surface area contributed by atoms with Gasteiger partial charge in [-0.1, -0.05) is 18.9 Å². The van der Waals surface area contributed by atoms with Crippen LogP contribution in [0.2, 0.25) is 0 Å². The van der Waals surface area contributed by atoms with Gasteiger partial charge in [0.15, 0.2) is 0 Å². The van der Waals surface area contributed by atoms with Gasteiger partial charge in [0.25, 0.3) is 0 Å². The van der Waals surface area contributed by atoms with Crippen molar-refractivity contribution < 1.29 is 4.74 Å². The van der Waals surface area contributed by atoms with Crippen molar-refractivity contribution in [1.29, 1.82) is 0 Å². The van der Waals surface area contributed by atoms with Crippen LogP contribution in [0.3, 0.4) is 0 Å². The summed E-state index contributed by atoms with van der Waals surface area (Å²) in [5.41, 5.74) is 2.44. The third-order valence-corrected chi connectivity index (χ3v) is 4.13. The molecule has 2 atom stereocenters. The first kappa shape index (κ1) is 12.9. The summed E-state index contributed by atoms with van der Waals surface area (Å²) in [5.74, 6) is 0. The van der Waals surface area contributed by atoms with Gasteiger partial charge >= 0.3 is 0 Å². The molecule has 17 heavy (non-hydrogen) atoms. The molecule has 0 heterocycles. The van der Waals surface area contributed by atoms with Crippen LogP contribution in [0.1, 0.15) is 31.2 Å². The highest BCUT2D eigenvalue weighted by Crippen LogP contribution is 2.28. The molecule has 1 aromatic rings. The van der Waals surface area contributed by atoms with Crippen molar-refractivity contribution in [2.75, 3.05) is 12.4 Å². The van der Waals surface area contributed by atoms with Crippen molar-refractivity contribution in [2.45, 2.75) is 44.8 Å². The normalized spacial score (nSPS) is 24.6. The predicted molar refractivity (Wildman–Crippen MR) is 75.6 cm³/mol. The summed E-state index contributed by atoms with van der Waals surface area (Å²) in [6.07, 6.45) is 5.28. The summed E-state index contributed by atoms with van der Waals surface area (Å²) < 4.78 is 6.70. The Labute approximate surface area is 112 Å². The van der Waals surface area contributed by atoms with Crippen LogP contribution in [0.4, 0.5) is 5.69 Å². The maximum atomic E-state index is 5.56. The molecule has 0 aliphatic heterocycles. The maximum absolute atomic E-state index is 5.56.